The molecule has 1 aromatic carbocycles. The van der Waals surface area contributed by atoms with E-state index in [1.54, 1.807) is 0 Å². The van der Waals surface area contributed by atoms with Crippen LogP contribution in [0.3, 0.4) is 0 Å². The Morgan fingerprint density at radius 1 is 1.33 bits per heavy atom. The monoisotopic (exact) mass is 284 g/mol. The van der Waals surface area contributed by atoms with Gasteiger partial charge >= 0.3 is 0 Å². The predicted octanol–water partition coefficient (Wildman–Crippen LogP) is 3.41. The van der Waals surface area contributed by atoms with Gasteiger partial charge < -0.3 is 10.1 Å². The Hall–Kier alpha value is -1.45. The van der Waals surface area contributed by atoms with Gasteiger partial charge in [0.15, 0.2) is 0 Å². The molecule has 0 atom stereocenters. The van der Waals surface area contributed by atoms with Crippen LogP contribution in [0.2, 0.25) is 0 Å². The lowest BCUT2D eigenvalue weighted by atomic mass is 9.95. The summed E-state index contributed by atoms with van der Waals surface area (Å²) in [5.74, 6) is 0.507. The number of pyridine rings is 1. The summed E-state index contributed by atoms with van der Waals surface area (Å²) in [5, 5.41) is 4.53. The molecule has 21 heavy (non-hydrogen) atoms. The van der Waals surface area contributed by atoms with E-state index in [2.05, 4.69) is 49.3 Å². The van der Waals surface area contributed by atoms with E-state index in [1.807, 2.05) is 6.20 Å². The zero-order valence-corrected chi connectivity index (χ0v) is 13.1. The van der Waals surface area contributed by atoms with Crippen LogP contribution < -0.4 is 5.32 Å². The maximum absolute atomic E-state index is 5.97. The zero-order chi connectivity index (χ0) is 14.8. The van der Waals surface area contributed by atoms with Crippen molar-refractivity contribution in [3.63, 3.8) is 0 Å². The van der Waals surface area contributed by atoms with Gasteiger partial charge in [-0.15, -0.1) is 0 Å². The third-order valence-electron chi connectivity index (χ3n) is 4.27. The third kappa shape index (κ3) is 2.94. The topological polar surface area (TPSA) is 34.1 Å². The third-order valence-corrected chi connectivity index (χ3v) is 4.27. The molecule has 0 bridgehead atoms. The largest absolute Gasteiger partial charge is 0.371 e. The van der Waals surface area contributed by atoms with Crippen molar-refractivity contribution in [1.82, 2.24) is 10.3 Å². The van der Waals surface area contributed by atoms with E-state index in [0.717, 1.165) is 25.0 Å². The standard InChI is InChI=1S/C18H24N2O/c1-4-13-7-14(11-21-15-9-19-10-15)18-17(8-13)16(12(2)3)5-6-20-18/h5-8,12,15,19H,4,9-11H2,1-3H3. The fourth-order valence-electron chi connectivity index (χ4n) is 2.82. The van der Waals surface area contributed by atoms with Crippen molar-refractivity contribution in [2.75, 3.05) is 13.1 Å². The molecule has 1 fully saturated rings. The summed E-state index contributed by atoms with van der Waals surface area (Å²) in [6, 6.07) is 6.70. The molecule has 0 saturated carbocycles. The Labute approximate surface area is 126 Å². The Kier molecular flexibility index (Phi) is 4.22. The van der Waals surface area contributed by atoms with Gasteiger partial charge in [-0.3, -0.25) is 4.98 Å². The smallest absolute Gasteiger partial charge is 0.0828 e. The SMILES string of the molecule is CCc1cc(COC2CNC2)c2nccc(C(C)C)c2c1. The minimum absolute atomic E-state index is 0.360. The lowest BCUT2D eigenvalue weighted by Gasteiger charge is -2.27. The van der Waals surface area contributed by atoms with E-state index in [1.165, 1.54) is 22.1 Å². The first-order chi connectivity index (χ1) is 10.2. The minimum atomic E-state index is 0.360. The van der Waals surface area contributed by atoms with Crippen molar-refractivity contribution in [2.24, 2.45) is 0 Å². The number of nitrogens with zero attached hydrogens (tertiary/aromatic N) is 1. The van der Waals surface area contributed by atoms with Crippen LogP contribution in [0.4, 0.5) is 0 Å². The second-order valence-corrected chi connectivity index (χ2v) is 6.15. The molecular weight excluding hydrogens is 260 g/mol. The average Bonchev–Trinajstić information content (AvgIpc) is 2.44. The number of hydrogen-bond acceptors (Lipinski definition) is 3. The molecule has 2 heterocycles. The van der Waals surface area contributed by atoms with Crippen molar-refractivity contribution < 1.29 is 4.74 Å². The van der Waals surface area contributed by atoms with E-state index in [4.69, 9.17) is 4.74 Å². The zero-order valence-electron chi connectivity index (χ0n) is 13.1. The lowest BCUT2D eigenvalue weighted by Crippen LogP contribution is -2.48. The quantitative estimate of drug-likeness (QED) is 0.913. The summed E-state index contributed by atoms with van der Waals surface area (Å²) in [6.45, 7) is 9.28. The van der Waals surface area contributed by atoms with Crippen molar-refractivity contribution in [2.45, 2.75) is 45.8 Å². The molecule has 1 aliphatic rings. The highest BCUT2D eigenvalue weighted by atomic mass is 16.5. The number of hydrogen-bond donors (Lipinski definition) is 1. The van der Waals surface area contributed by atoms with Gasteiger partial charge in [0, 0.05) is 30.2 Å². The van der Waals surface area contributed by atoms with Gasteiger partial charge in [0.05, 0.1) is 18.2 Å². The van der Waals surface area contributed by atoms with Crippen LogP contribution in [0.25, 0.3) is 10.9 Å². The van der Waals surface area contributed by atoms with Crippen molar-refractivity contribution >= 4 is 10.9 Å². The summed E-state index contributed by atoms with van der Waals surface area (Å²) in [4.78, 5) is 4.63. The van der Waals surface area contributed by atoms with Crippen molar-refractivity contribution in [3.05, 3.63) is 41.1 Å². The van der Waals surface area contributed by atoms with Crippen LogP contribution in [0, 0.1) is 0 Å². The Balaban J connectivity index is 2.02. The fraction of sp³-hybridized carbons (Fsp3) is 0.500. The molecule has 0 unspecified atom stereocenters. The number of benzene rings is 1. The summed E-state index contributed by atoms with van der Waals surface area (Å²) < 4.78 is 5.97. The summed E-state index contributed by atoms with van der Waals surface area (Å²) in [5.41, 5.74) is 5.06. The van der Waals surface area contributed by atoms with Crippen LogP contribution in [0.5, 0.6) is 0 Å². The van der Waals surface area contributed by atoms with Crippen molar-refractivity contribution in [3.8, 4) is 0 Å². The second-order valence-electron chi connectivity index (χ2n) is 6.15. The average molecular weight is 284 g/mol. The molecule has 1 saturated heterocycles. The molecule has 2 aromatic rings. The van der Waals surface area contributed by atoms with E-state index in [0.29, 0.717) is 18.6 Å². The van der Waals surface area contributed by atoms with Gasteiger partial charge in [0.2, 0.25) is 0 Å². The Bertz CT molecular complexity index is 632. The Morgan fingerprint density at radius 3 is 2.76 bits per heavy atom. The highest BCUT2D eigenvalue weighted by molar-refractivity contribution is 5.86. The highest BCUT2D eigenvalue weighted by Gasteiger charge is 2.18. The van der Waals surface area contributed by atoms with Gasteiger partial charge in [-0.25, -0.2) is 0 Å². The van der Waals surface area contributed by atoms with Gasteiger partial charge in [0.25, 0.3) is 0 Å². The minimum Gasteiger partial charge on any atom is -0.371 e. The molecule has 0 aliphatic carbocycles. The molecular formula is C18H24N2O. The maximum Gasteiger partial charge on any atom is 0.0828 e. The predicted molar refractivity (Wildman–Crippen MR) is 86.7 cm³/mol. The normalized spacial score (nSPS) is 15.6. The van der Waals surface area contributed by atoms with Crippen LogP contribution in [0.1, 0.15) is 43.4 Å². The number of nitrogens with one attached hydrogen (secondary N) is 1. The van der Waals surface area contributed by atoms with Gasteiger partial charge in [-0.2, -0.15) is 0 Å². The summed E-state index contributed by atoms with van der Waals surface area (Å²) >= 11 is 0. The number of aryl methyl sites for hydroxylation is 1. The first-order valence-electron chi connectivity index (χ1n) is 7.91. The number of ether oxygens (including phenoxy) is 1. The molecule has 1 N–H and O–H groups in total. The van der Waals surface area contributed by atoms with Gasteiger partial charge in [-0.05, 0) is 35.6 Å². The molecule has 112 valence electrons. The molecule has 3 heteroatoms. The van der Waals surface area contributed by atoms with E-state index >= 15 is 0 Å². The van der Waals surface area contributed by atoms with Crippen LogP contribution in [0.15, 0.2) is 24.4 Å². The first kappa shape index (κ1) is 14.5. The van der Waals surface area contributed by atoms with Crippen LogP contribution in [-0.4, -0.2) is 24.2 Å². The van der Waals surface area contributed by atoms with Crippen LogP contribution >= 0.6 is 0 Å². The number of aromatic nitrogens is 1. The molecule has 0 amide bonds. The van der Waals surface area contributed by atoms with E-state index in [9.17, 15) is 0 Å². The van der Waals surface area contributed by atoms with E-state index in [-0.39, 0.29) is 0 Å². The maximum atomic E-state index is 5.97. The van der Waals surface area contributed by atoms with Crippen molar-refractivity contribution in [1.29, 1.82) is 0 Å². The molecule has 0 radical (unpaired) electrons. The molecule has 1 aliphatic heterocycles. The Morgan fingerprint density at radius 2 is 2.14 bits per heavy atom. The molecule has 3 rings (SSSR count). The number of fused-ring (bicyclic) bond motifs is 1. The van der Waals surface area contributed by atoms with Crippen LogP contribution in [-0.2, 0) is 17.8 Å². The summed E-state index contributed by atoms with van der Waals surface area (Å²) in [6.07, 6.45) is 3.33. The highest BCUT2D eigenvalue weighted by Crippen LogP contribution is 2.28. The first-order valence-corrected chi connectivity index (χ1v) is 7.91. The van der Waals surface area contributed by atoms with E-state index < -0.39 is 0 Å². The number of rotatable bonds is 5. The molecule has 3 nitrogen and oxygen atoms in total. The lowest BCUT2D eigenvalue weighted by molar-refractivity contribution is 0.00802. The molecule has 1 aromatic heterocycles. The summed E-state index contributed by atoms with van der Waals surface area (Å²) in [7, 11) is 0. The van der Waals surface area contributed by atoms with Gasteiger partial charge in [-0.1, -0.05) is 26.8 Å². The van der Waals surface area contributed by atoms with Gasteiger partial charge in [0.1, 0.15) is 0 Å². The molecule has 0 spiro atoms. The second kappa shape index (κ2) is 6.12. The fourth-order valence-corrected chi connectivity index (χ4v) is 2.82.